The van der Waals surface area contributed by atoms with E-state index in [1.165, 1.54) is 11.1 Å². The highest BCUT2D eigenvalue weighted by Crippen LogP contribution is 2.14. The molecule has 0 bridgehead atoms. The van der Waals surface area contributed by atoms with Gasteiger partial charge >= 0.3 is 0 Å². The molecule has 0 radical (unpaired) electrons. The van der Waals surface area contributed by atoms with Crippen LogP contribution < -0.4 is 5.32 Å². The first kappa shape index (κ1) is 13.3. The van der Waals surface area contributed by atoms with E-state index >= 15 is 0 Å². The summed E-state index contributed by atoms with van der Waals surface area (Å²) in [6, 6.07) is 18.7. The van der Waals surface area contributed by atoms with Crippen LogP contribution in [0, 0.1) is 18.3 Å². The maximum Gasteiger partial charge on any atom is 0.0991 e. The molecule has 0 aliphatic carbocycles. The van der Waals surface area contributed by atoms with Crippen molar-refractivity contribution in [2.75, 3.05) is 0 Å². The molecule has 96 valence electrons. The highest BCUT2D eigenvalue weighted by molar-refractivity contribution is 5.33. The SMILES string of the molecule is Cc1cccc([C@H](C)NCc2cccc(C#N)c2)c1. The lowest BCUT2D eigenvalue weighted by atomic mass is 10.1. The van der Waals surface area contributed by atoms with Crippen molar-refractivity contribution in [3.63, 3.8) is 0 Å². The Hall–Kier alpha value is -2.11. The van der Waals surface area contributed by atoms with Gasteiger partial charge in [0.05, 0.1) is 11.6 Å². The number of benzene rings is 2. The minimum Gasteiger partial charge on any atom is -0.306 e. The van der Waals surface area contributed by atoms with Gasteiger partial charge in [-0.1, -0.05) is 42.0 Å². The number of nitrogens with one attached hydrogen (secondary N) is 1. The van der Waals surface area contributed by atoms with Gasteiger partial charge in [-0.25, -0.2) is 0 Å². The number of nitriles is 1. The molecule has 2 aromatic rings. The van der Waals surface area contributed by atoms with E-state index in [0.717, 1.165) is 12.1 Å². The number of rotatable bonds is 4. The fourth-order valence-electron chi connectivity index (χ4n) is 2.08. The van der Waals surface area contributed by atoms with Gasteiger partial charge in [-0.3, -0.25) is 0 Å². The van der Waals surface area contributed by atoms with E-state index < -0.39 is 0 Å². The van der Waals surface area contributed by atoms with E-state index in [0.29, 0.717) is 11.6 Å². The van der Waals surface area contributed by atoms with E-state index in [1.54, 1.807) is 0 Å². The molecule has 0 spiro atoms. The molecule has 0 saturated carbocycles. The average Bonchev–Trinajstić information content (AvgIpc) is 2.45. The maximum absolute atomic E-state index is 8.88. The molecule has 1 N–H and O–H groups in total. The maximum atomic E-state index is 8.88. The van der Waals surface area contributed by atoms with Crippen LogP contribution >= 0.6 is 0 Å². The molecule has 0 amide bonds. The van der Waals surface area contributed by atoms with Gasteiger partial charge in [-0.05, 0) is 37.1 Å². The summed E-state index contributed by atoms with van der Waals surface area (Å²) in [5, 5.41) is 12.4. The first-order chi connectivity index (χ1) is 9.19. The van der Waals surface area contributed by atoms with Crippen LogP contribution in [0.1, 0.15) is 35.2 Å². The molecule has 0 heterocycles. The molecule has 2 rings (SSSR count). The van der Waals surface area contributed by atoms with E-state index in [1.807, 2.05) is 24.3 Å². The van der Waals surface area contributed by atoms with E-state index in [2.05, 4.69) is 49.5 Å². The number of aryl methyl sites for hydroxylation is 1. The quantitative estimate of drug-likeness (QED) is 0.897. The van der Waals surface area contributed by atoms with Crippen molar-refractivity contribution in [2.24, 2.45) is 0 Å². The summed E-state index contributed by atoms with van der Waals surface area (Å²) in [6.45, 7) is 5.03. The monoisotopic (exact) mass is 250 g/mol. The molecule has 0 aliphatic heterocycles. The van der Waals surface area contributed by atoms with Crippen LogP contribution in [0.5, 0.6) is 0 Å². The van der Waals surface area contributed by atoms with Crippen molar-refractivity contribution in [3.8, 4) is 6.07 Å². The second-order valence-corrected chi connectivity index (χ2v) is 4.83. The predicted octanol–water partition coefficient (Wildman–Crippen LogP) is 3.72. The Balaban J connectivity index is 2.00. The first-order valence-electron chi connectivity index (χ1n) is 6.48. The van der Waals surface area contributed by atoms with Gasteiger partial charge in [-0.15, -0.1) is 0 Å². The van der Waals surface area contributed by atoms with Crippen LogP contribution in [0.25, 0.3) is 0 Å². The van der Waals surface area contributed by atoms with Gasteiger partial charge in [0.2, 0.25) is 0 Å². The third-order valence-electron chi connectivity index (χ3n) is 3.21. The lowest BCUT2D eigenvalue weighted by molar-refractivity contribution is 0.574. The Kier molecular flexibility index (Phi) is 4.33. The third-order valence-corrected chi connectivity index (χ3v) is 3.21. The van der Waals surface area contributed by atoms with Crippen LogP contribution in [0.15, 0.2) is 48.5 Å². The Bertz CT molecular complexity index is 596. The topological polar surface area (TPSA) is 35.8 Å². The summed E-state index contributed by atoms with van der Waals surface area (Å²) in [5.41, 5.74) is 4.41. The Morgan fingerprint density at radius 3 is 2.68 bits per heavy atom. The van der Waals surface area contributed by atoms with Gasteiger partial charge in [0.25, 0.3) is 0 Å². The number of hydrogen-bond acceptors (Lipinski definition) is 2. The molecule has 0 aliphatic rings. The van der Waals surface area contributed by atoms with E-state index in [9.17, 15) is 0 Å². The molecule has 0 saturated heterocycles. The summed E-state index contributed by atoms with van der Waals surface area (Å²) in [5.74, 6) is 0. The normalized spacial score (nSPS) is 11.8. The summed E-state index contributed by atoms with van der Waals surface area (Å²) in [7, 11) is 0. The molecule has 2 aromatic carbocycles. The minimum absolute atomic E-state index is 0.297. The van der Waals surface area contributed by atoms with Gasteiger partial charge in [0, 0.05) is 12.6 Å². The molecule has 0 unspecified atom stereocenters. The molecular weight excluding hydrogens is 232 g/mol. The van der Waals surface area contributed by atoms with Gasteiger partial charge in [-0.2, -0.15) is 5.26 Å². The first-order valence-corrected chi connectivity index (χ1v) is 6.48. The fourth-order valence-corrected chi connectivity index (χ4v) is 2.08. The lowest BCUT2D eigenvalue weighted by Gasteiger charge is -2.15. The fraction of sp³-hybridized carbons (Fsp3) is 0.235. The largest absolute Gasteiger partial charge is 0.306 e. The van der Waals surface area contributed by atoms with Gasteiger partial charge in [0.15, 0.2) is 0 Å². The summed E-state index contributed by atoms with van der Waals surface area (Å²) >= 11 is 0. The molecule has 19 heavy (non-hydrogen) atoms. The lowest BCUT2D eigenvalue weighted by Crippen LogP contribution is -2.18. The highest BCUT2D eigenvalue weighted by atomic mass is 14.9. The van der Waals surface area contributed by atoms with Crippen LogP contribution in [-0.4, -0.2) is 0 Å². The highest BCUT2D eigenvalue weighted by Gasteiger charge is 2.05. The second-order valence-electron chi connectivity index (χ2n) is 4.83. The van der Waals surface area contributed by atoms with Gasteiger partial charge < -0.3 is 5.32 Å². The zero-order chi connectivity index (χ0) is 13.7. The summed E-state index contributed by atoms with van der Waals surface area (Å²) < 4.78 is 0. The van der Waals surface area contributed by atoms with Crippen molar-refractivity contribution in [1.29, 1.82) is 5.26 Å². The summed E-state index contributed by atoms with van der Waals surface area (Å²) in [6.07, 6.45) is 0. The minimum atomic E-state index is 0.297. The van der Waals surface area contributed by atoms with Crippen LogP contribution in [0.2, 0.25) is 0 Å². The van der Waals surface area contributed by atoms with Crippen LogP contribution in [0.4, 0.5) is 0 Å². The average molecular weight is 250 g/mol. The van der Waals surface area contributed by atoms with E-state index in [-0.39, 0.29) is 0 Å². The molecule has 1 atom stereocenters. The van der Waals surface area contributed by atoms with E-state index in [4.69, 9.17) is 5.26 Å². The van der Waals surface area contributed by atoms with Gasteiger partial charge in [0.1, 0.15) is 0 Å². The van der Waals surface area contributed by atoms with Crippen molar-refractivity contribution in [2.45, 2.75) is 26.4 Å². The van der Waals surface area contributed by atoms with Crippen LogP contribution in [0.3, 0.4) is 0 Å². The standard InChI is InChI=1S/C17H18N2/c1-13-5-3-8-17(9-13)14(2)19-12-16-7-4-6-15(10-16)11-18/h3-10,14,19H,12H2,1-2H3/t14-/m0/s1. The van der Waals surface area contributed by atoms with Crippen molar-refractivity contribution >= 4 is 0 Å². The Labute approximate surface area is 114 Å². The Morgan fingerprint density at radius 2 is 1.95 bits per heavy atom. The predicted molar refractivity (Wildman–Crippen MR) is 77.6 cm³/mol. The molecule has 2 nitrogen and oxygen atoms in total. The number of nitrogens with zero attached hydrogens (tertiary/aromatic N) is 1. The zero-order valence-corrected chi connectivity index (χ0v) is 11.4. The van der Waals surface area contributed by atoms with Crippen molar-refractivity contribution in [1.82, 2.24) is 5.32 Å². The second kappa shape index (κ2) is 6.17. The summed E-state index contributed by atoms with van der Waals surface area (Å²) in [4.78, 5) is 0. The molecule has 0 fully saturated rings. The molecule has 0 aromatic heterocycles. The Morgan fingerprint density at radius 1 is 1.16 bits per heavy atom. The molecule has 2 heteroatoms. The zero-order valence-electron chi connectivity index (χ0n) is 11.4. The van der Waals surface area contributed by atoms with Crippen molar-refractivity contribution in [3.05, 3.63) is 70.8 Å². The van der Waals surface area contributed by atoms with Crippen LogP contribution in [-0.2, 0) is 6.54 Å². The smallest absolute Gasteiger partial charge is 0.0991 e. The third kappa shape index (κ3) is 3.67. The van der Waals surface area contributed by atoms with Crippen molar-refractivity contribution < 1.29 is 0 Å². The number of hydrogen-bond donors (Lipinski definition) is 1. The molecular formula is C17H18N2.